The Morgan fingerprint density at radius 1 is 1.17 bits per heavy atom. The van der Waals surface area contributed by atoms with Crippen LogP contribution in [0.2, 0.25) is 5.02 Å². The lowest BCUT2D eigenvalue weighted by Crippen LogP contribution is -1.92. The van der Waals surface area contributed by atoms with Crippen LogP contribution in [0.4, 0.5) is 5.69 Å². The molecule has 0 atom stereocenters. The summed E-state index contributed by atoms with van der Waals surface area (Å²) in [5.41, 5.74) is 9.47. The normalized spacial score (nSPS) is 11.0. The Balaban J connectivity index is 2.30. The number of fused-ring (bicyclic) bond motifs is 1. The molecular weight excluding hydrogens is 246 g/mol. The first-order chi connectivity index (χ1) is 8.66. The molecule has 1 heterocycles. The van der Waals surface area contributed by atoms with Crippen molar-refractivity contribution >= 4 is 28.3 Å². The molecule has 3 nitrogen and oxygen atoms in total. The number of anilines is 1. The summed E-state index contributed by atoms with van der Waals surface area (Å²) in [6, 6.07) is 13.5. The molecule has 1 aromatic heterocycles. The van der Waals surface area contributed by atoms with Crippen LogP contribution in [0.3, 0.4) is 0 Å². The van der Waals surface area contributed by atoms with Gasteiger partial charge in [-0.05, 0) is 24.3 Å². The van der Waals surface area contributed by atoms with Crippen LogP contribution in [-0.4, -0.2) is 9.55 Å². The van der Waals surface area contributed by atoms with Gasteiger partial charge in [-0.3, -0.25) is 0 Å². The van der Waals surface area contributed by atoms with Gasteiger partial charge in [-0.25, -0.2) is 4.98 Å². The molecule has 4 heteroatoms. The van der Waals surface area contributed by atoms with E-state index in [1.165, 1.54) is 0 Å². The fourth-order valence-electron chi connectivity index (χ4n) is 2.12. The third-order valence-corrected chi connectivity index (χ3v) is 3.26. The molecule has 90 valence electrons. The first kappa shape index (κ1) is 11.1. The highest BCUT2D eigenvalue weighted by atomic mass is 35.5. The number of nitrogen functional groups attached to an aromatic ring is 1. The van der Waals surface area contributed by atoms with Crippen LogP contribution in [0.25, 0.3) is 22.4 Å². The maximum absolute atomic E-state index is 6.02. The van der Waals surface area contributed by atoms with E-state index >= 15 is 0 Å². The van der Waals surface area contributed by atoms with Gasteiger partial charge in [0.1, 0.15) is 11.3 Å². The number of hydrogen-bond donors (Lipinski definition) is 1. The highest BCUT2D eigenvalue weighted by Crippen LogP contribution is 2.27. The van der Waals surface area contributed by atoms with Gasteiger partial charge in [-0.15, -0.1) is 0 Å². The van der Waals surface area contributed by atoms with Crippen LogP contribution in [-0.2, 0) is 7.05 Å². The van der Waals surface area contributed by atoms with Gasteiger partial charge in [-0.1, -0.05) is 29.8 Å². The van der Waals surface area contributed by atoms with Gasteiger partial charge in [0.2, 0.25) is 0 Å². The molecule has 0 aliphatic rings. The molecule has 0 unspecified atom stereocenters. The van der Waals surface area contributed by atoms with Crippen molar-refractivity contribution in [2.24, 2.45) is 7.05 Å². The standard InChI is InChI=1S/C14H12ClN3/c1-18-12-7-3-6-11(16)13(12)17-14(18)9-4-2-5-10(15)8-9/h2-8H,16H2,1H3. The van der Waals surface area contributed by atoms with E-state index in [0.717, 1.165) is 22.4 Å². The van der Waals surface area contributed by atoms with Gasteiger partial charge in [0.05, 0.1) is 11.2 Å². The minimum absolute atomic E-state index is 0.691. The van der Waals surface area contributed by atoms with Gasteiger partial charge in [0.25, 0.3) is 0 Å². The number of para-hydroxylation sites is 1. The Bertz CT molecular complexity index is 731. The van der Waals surface area contributed by atoms with E-state index in [9.17, 15) is 0 Å². The summed E-state index contributed by atoms with van der Waals surface area (Å²) in [4.78, 5) is 4.60. The summed E-state index contributed by atoms with van der Waals surface area (Å²) in [6.45, 7) is 0. The number of aryl methyl sites for hydroxylation is 1. The third kappa shape index (κ3) is 1.64. The van der Waals surface area contributed by atoms with Gasteiger partial charge >= 0.3 is 0 Å². The lowest BCUT2D eigenvalue weighted by Gasteiger charge is -2.02. The SMILES string of the molecule is Cn1c(-c2cccc(Cl)c2)nc2c(N)cccc21. The minimum Gasteiger partial charge on any atom is -0.397 e. The number of rotatable bonds is 1. The average Bonchev–Trinajstić information content (AvgIpc) is 2.69. The quantitative estimate of drug-likeness (QED) is 0.679. The molecule has 0 saturated carbocycles. The number of halogens is 1. The maximum atomic E-state index is 6.02. The Kier molecular flexibility index (Phi) is 2.49. The summed E-state index contributed by atoms with van der Waals surface area (Å²) < 4.78 is 2.03. The van der Waals surface area contributed by atoms with Crippen LogP contribution >= 0.6 is 11.6 Å². The van der Waals surface area contributed by atoms with E-state index in [0.29, 0.717) is 10.7 Å². The summed E-state index contributed by atoms with van der Waals surface area (Å²) in [7, 11) is 1.98. The second kappa shape index (κ2) is 4.03. The highest BCUT2D eigenvalue weighted by Gasteiger charge is 2.11. The average molecular weight is 258 g/mol. The Hall–Kier alpha value is -2.00. The Labute approximate surface area is 110 Å². The van der Waals surface area contributed by atoms with Crippen molar-refractivity contribution in [2.75, 3.05) is 5.73 Å². The summed E-state index contributed by atoms with van der Waals surface area (Å²) in [6.07, 6.45) is 0. The molecule has 2 N–H and O–H groups in total. The lowest BCUT2D eigenvalue weighted by molar-refractivity contribution is 0.959. The first-order valence-electron chi connectivity index (χ1n) is 5.63. The topological polar surface area (TPSA) is 43.8 Å². The van der Waals surface area contributed by atoms with Crippen LogP contribution < -0.4 is 5.73 Å². The predicted molar refractivity (Wildman–Crippen MR) is 75.6 cm³/mol. The molecule has 0 aliphatic carbocycles. The number of nitrogens with zero attached hydrogens (tertiary/aromatic N) is 2. The van der Waals surface area contributed by atoms with E-state index in [2.05, 4.69) is 4.98 Å². The minimum atomic E-state index is 0.691. The van der Waals surface area contributed by atoms with E-state index in [4.69, 9.17) is 17.3 Å². The smallest absolute Gasteiger partial charge is 0.141 e. The second-order valence-corrected chi connectivity index (χ2v) is 4.66. The number of benzene rings is 2. The Morgan fingerprint density at radius 2 is 1.94 bits per heavy atom. The molecule has 0 saturated heterocycles. The summed E-state index contributed by atoms with van der Waals surface area (Å²) >= 11 is 6.02. The van der Waals surface area contributed by atoms with E-state index in [1.807, 2.05) is 54.1 Å². The van der Waals surface area contributed by atoms with Crippen LogP contribution in [0, 0.1) is 0 Å². The zero-order valence-corrected chi connectivity index (χ0v) is 10.6. The number of hydrogen-bond acceptors (Lipinski definition) is 2. The van der Waals surface area contributed by atoms with Crippen molar-refractivity contribution in [3.63, 3.8) is 0 Å². The van der Waals surface area contributed by atoms with Crippen LogP contribution in [0.5, 0.6) is 0 Å². The van der Waals surface area contributed by atoms with Gasteiger partial charge in [0.15, 0.2) is 0 Å². The predicted octanol–water partition coefficient (Wildman–Crippen LogP) is 3.48. The zero-order valence-electron chi connectivity index (χ0n) is 9.89. The van der Waals surface area contributed by atoms with Gasteiger partial charge in [-0.2, -0.15) is 0 Å². The van der Waals surface area contributed by atoms with Crippen LogP contribution in [0.15, 0.2) is 42.5 Å². The van der Waals surface area contributed by atoms with Crippen molar-refractivity contribution in [3.05, 3.63) is 47.5 Å². The van der Waals surface area contributed by atoms with E-state index < -0.39 is 0 Å². The maximum Gasteiger partial charge on any atom is 0.141 e. The van der Waals surface area contributed by atoms with Crippen molar-refractivity contribution in [1.29, 1.82) is 0 Å². The fraction of sp³-hybridized carbons (Fsp3) is 0.0714. The van der Waals surface area contributed by atoms with Crippen LogP contribution in [0.1, 0.15) is 0 Å². The van der Waals surface area contributed by atoms with Crippen molar-refractivity contribution in [2.45, 2.75) is 0 Å². The molecule has 3 rings (SSSR count). The molecule has 0 bridgehead atoms. The molecule has 18 heavy (non-hydrogen) atoms. The summed E-state index contributed by atoms with van der Waals surface area (Å²) in [5, 5.41) is 0.701. The Morgan fingerprint density at radius 3 is 2.67 bits per heavy atom. The van der Waals surface area contributed by atoms with Gasteiger partial charge < -0.3 is 10.3 Å². The molecule has 2 aromatic carbocycles. The van der Waals surface area contributed by atoms with Crippen molar-refractivity contribution < 1.29 is 0 Å². The van der Waals surface area contributed by atoms with Gasteiger partial charge in [0, 0.05) is 17.6 Å². The van der Waals surface area contributed by atoms with Crippen molar-refractivity contribution in [3.8, 4) is 11.4 Å². The molecule has 0 amide bonds. The molecule has 3 aromatic rings. The number of imidazole rings is 1. The van der Waals surface area contributed by atoms with E-state index in [1.54, 1.807) is 0 Å². The molecular formula is C14H12ClN3. The lowest BCUT2D eigenvalue weighted by atomic mass is 10.2. The largest absolute Gasteiger partial charge is 0.397 e. The highest BCUT2D eigenvalue weighted by molar-refractivity contribution is 6.30. The third-order valence-electron chi connectivity index (χ3n) is 3.03. The fourth-order valence-corrected chi connectivity index (χ4v) is 2.31. The summed E-state index contributed by atoms with van der Waals surface area (Å²) in [5.74, 6) is 0.866. The molecule has 0 aliphatic heterocycles. The molecule has 0 spiro atoms. The second-order valence-electron chi connectivity index (χ2n) is 4.22. The first-order valence-corrected chi connectivity index (χ1v) is 6.01. The monoisotopic (exact) mass is 257 g/mol. The molecule has 0 radical (unpaired) electrons. The van der Waals surface area contributed by atoms with Crippen molar-refractivity contribution in [1.82, 2.24) is 9.55 Å². The molecule has 0 fully saturated rings. The zero-order chi connectivity index (χ0) is 12.7. The number of aromatic nitrogens is 2. The van der Waals surface area contributed by atoms with E-state index in [-0.39, 0.29) is 0 Å². The number of nitrogens with two attached hydrogens (primary N) is 1.